The molecule has 4 nitrogen and oxygen atoms in total. The number of hydrogen-bond donors (Lipinski definition) is 1. The van der Waals surface area contributed by atoms with Crippen LogP contribution < -0.4 is 0 Å². The first-order valence-corrected chi connectivity index (χ1v) is 8.00. The van der Waals surface area contributed by atoms with E-state index < -0.39 is 11.9 Å². The van der Waals surface area contributed by atoms with Crippen LogP contribution in [0.15, 0.2) is 17.5 Å². The lowest BCUT2D eigenvalue weighted by Gasteiger charge is -2.30. The molecule has 1 aliphatic rings. The van der Waals surface area contributed by atoms with Crippen LogP contribution in [0.25, 0.3) is 0 Å². The van der Waals surface area contributed by atoms with E-state index in [9.17, 15) is 9.59 Å². The topological polar surface area (TPSA) is 57.6 Å². The number of amides is 1. The molecule has 2 rings (SSSR count). The molecule has 1 fully saturated rings. The minimum atomic E-state index is -0.836. The van der Waals surface area contributed by atoms with Crippen molar-refractivity contribution < 1.29 is 14.7 Å². The molecule has 0 aromatic carbocycles. The van der Waals surface area contributed by atoms with Gasteiger partial charge in [-0.25, -0.2) is 0 Å². The molecule has 1 aromatic rings. The molecule has 0 spiro atoms. The van der Waals surface area contributed by atoms with Crippen LogP contribution in [0.4, 0.5) is 0 Å². The highest BCUT2D eigenvalue weighted by Gasteiger charge is 2.29. The number of carboxylic acid groups (broad SMARTS) is 1. The van der Waals surface area contributed by atoms with E-state index in [1.54, 1.807) is 18.3 Å². The van der Waals surface area contributed by atoms with Gasteiger partial charge in [0, 0.05) is 17.5 Å². The second kappa shape index (κ2) is 6.88. The van der Waals surface area contributed by atoms with Crippen molar-refractivity contribution in [2.45, 2.75) is 45.1 Å². The summed E-state index contributed by atoms with van der Waals surface area (Å²) in [6.45, 7) is 1.99. The molecule has 1 amide bonds. The molecule has 0 bridgehead atoms. The lowest BCUT2D eigenvalue weighted by Crippen LogP contribution is -2.43. The Morgan fingerprint density at radius 2 is 2.15 bits per heavy atom. The third kappa shape index (κ3) is 3.82. The number of thiophene rings is 1. The van der Waals surface area contributed by atoms with Gasteiger partial charge < -0.3 is 10.0 Å². The van der Waals surface area contributed by atoms with Gasteiger partial charge in [-0.1, -0.05) is 25.8 Å². The number of nitrogens with zero attached hydrogens (tertiary/aromatic N) is 1. The Balaban J connectivity index is 2.04. The maximum atomic E-state index is 12.5. The highest BCUT2D eigenvalue weighted by molar-refractivity contribution is 7.10. The average Bonchev–Trinajstić information content (AvgIpc) is 3.07. The van der Waals surface area contributed by atoms with Crippen LogP contribution in [0.5, 0.6) is 0 Å². The van der Waals surface area contributed by atoms with Crippen LogP contribution in [0.1, 0.15) is 37.5 Å². The van der Waals surface area contributed by atoms with E-state index in [-0.39, 0.29) is 11.9 Å². The van der Waals surface area contributed by atoms with Gasteiger partial charge in [-0.05, 0) is 24.3 Å². The van der Waals surface area contributed by atoms with Gasteiger partial charge >= 0.3 is 5.97 Å². The summed E-state index contributed by atoms with van der Waals surface area (Å²) in [4.78, 5) is 26.4. The Kier molecular flexibility index (Phi) is 5.17. The summed E-state index contributed by atoms with van der Waals surface area (Å²) in [6, 6.07) is 4.12. The summed E-state index contributed by atoms with van der Waals surface area (Å²) >= 11 is 1.57. The van der Waals surface area contributed by atoms with Crippen molar-refractivity contribution in [3.05, 3.63) is 22.4 Å². The molecule has 1 heterocycles. The Morgan fingerprint density at radius 1 is 1.45 bits per heavy atom. The van der Waals surface area contributed by atoms with Crippen LogP contribution in [0, 0.1) is 5.92 Å². The Hall–Kier alpha value is -1.36. The zero-order valence-electron chi connectivity index (χ0n) is 11.7. The highest BCUT2D eigenvalue weighted by atomic mass is 32.1. The lowest BCUT2D eigenvalue weighted by molar-refractivity contribution is -0.143. The normalized spacial score (nSPS) is 17.1. The Morgan fingerprint density at radius 3 is 2.70 bits per heavy atom. The van der Waals surface area contributed by atoms with E-state index in [2.05, 4.69) is 0 Å². The van der Waals surface area contributed by atoms with Crippen LogP contribution in [-0.2, 0) is 16.0 Å². The maximum Gasteiger partial charge on any atom is 0.308 e. The molecule has 1 aromatic heterocycles. The average molecular weight is 295 g/mol. The minimum absolute atomic E-state index is 0.0625. The molecule has 1 N–H and O–H groups in total. The predicted molar refractivity (Wildman–Crippen MR) is 78.8 cm³/mol. The molecule has 20 heavy (non-hydrogen) atoms. The summed E-state index contributed by atoms with van der Waals surface area (Å²) in [6.07, 6.45) is 4.66. The third-order valence-corrected chi connectivity index (χ3v) is 4.76. The van der Waals surface area contributed by atoms with Gasteiger partial charge in [-0.2, -0.15) is 0 Å². The van der Waals surface area contributed by atoms with Crippen molar-refractivity contribution in [3.8, 4) is 0 Å². The van der Waals surface area contributed by atoms with E-state index in [0.717, 1.165) is 30.6 Å². The van der Waals surface area contributed by atoms with Gasteiger partial charge in [0.1, 0.15) is 0 Å². The third-order valence-electron chi connectivity index (χ3n) is 3.88. The molecule has 0 radical (unpaired) electrons. The Bertz CT molecular complexity index is 452. The quantitative estimate of drug-likeness (QED) is 0.878. The van der Waals surface area contributed by atoms with E-state index in [1.165, 1.54) is 0 Å². The van der Waals surface area contributed by atoms with Crippen LogP contribution in [0.3, 0.4) is 0 Å². The summed E-state index contributed by atoms with van der Waals surface area (Å²) in [5, 5.41) is 11.0. The van der Waals surface area contributed by atoms with Crippen molar-refractivity contribution >= 4 is 23.2 Å². The SMILES string of the molecule is CC(CN(C(=O)Cc1cccs1)C1CCCC1)C(=O)O. The van der Waals surface area contributed by atoms with Crippen molar-refractivity contribution in [2.75, 3.05) is 6.54 Å². The minimum Gasteiger partial charge on any atom is -0.481 e. The summed E-state index contributed by atoms with van der Waals surface area (Å²) in [5.74, 6) is -1.28. The molecule has 5 heteroatoms. The Labute approximate surface area is 123 Å². The number of aliphatic carboxylic acids is 1. The number of carboxylic acids is 1. The molecular formula is C15H21NO3S. The van der Waals surface area contributed by atoms with Crippen molar-refractivity contribution in [2.24, 2.45) is 5.92 Å². The van der Waals surface area contributed by atoms with E-state index in [4.69, 9.17) is 5.11 Å². The molecule has 1 aliphatic carbocycles. The molecular weight excluding hydrogens is 274 g/mol. The first-order valence-electron chi connectivity index (χ1n) is 7.12. The van der Waals surface area contributed by atoms with Gasteiger partial charge in [0.15, 0.2) is 0 Å². The first-order chi connectivity index (χ1) is 9.58. The van der Waals surface area contributed by atoms with Gasteiger partial charge in [0.2, 0.25) is 5.91 Å². The molecule has 0 saturated heterocycles. The molecule has 1 saturated carbocycles. The summed E-state index contributed by atoms with van der Waals surface area (Å²) in [7, 11) is 0. The van der Waals surface area contributed by atoms with Crippen LogP contribution in [-0.4, -0.2) is 34.5 Å². The van der Waals surface area contributed by atoms with E-state index in [0.29, 0.717) is 13.0 Å². The predicted octanol–water partition coefficient (Wildman–Crippen LogP) is 2.78. The zero-order valence-corrected chi connectivity index (χ0v) is 12.6. The number of hydrogen-bond acceptors (Lipinski definition) is 3. The number of carbonyl (C=O) groups excluding carboxylic acids is 1. The summed E-state index contributed by atoms with van der Waals surface area (Å²) < 4.78 is 0. The van der Waals surface area contributed by atoms with E-state index in [1.807, 2.05) is 22.4 Å². The highest BCUT2D eigenvalue weighted by Crippen LogP contribution is 2.25. The second-order valence-corrected chi connectivity index (χ2v) is 6.51. The largest absolute Gasteiger partial charge is 0.481 e. The lowest BCUT2D eigenvalue weighted by atomic mass is 10.1. The fraction of sp³-hybridized carbons (Fsp3) is 0.600. The maximum absolute atomic E-state index is 12.5. The number of carbonyl (C=O) groups is 2. The van der Waals surface area contributed by atoms with Crippen molar-refractivity contribution in [1.82, 2.24) is 4.90 Å². The molecule has 110 valence electrons. The first kappa shape index (κ1) is 15.0. The molecule has 1 unspecified atom stereocenters. The standard InChI is InChI=1S/C15H21NO3S/c1-11(15(18)19)10-16(12-5-2-3-6-12)14(17)9-13-7-4-8-20-13/h4,7-8,11-12H,2-3,5-6,9-10H2,1H3,(H,18,19). The second-order valence-electron chi connectivity index (χ2n) is 5.48. The monoisotopic (exact) mass is 295 g/mol. The van der Waals surface area contributed by atoms with Gasteiger partial charge in [0.05, 0.1) is 12.3 Å². The van der Waals surface area contributed by atoms with Gasteiger partial charge in [0.25, 0.3) is 0 Å². The van der Waals surface area contributed by atoms with E-state index >= 15 is 0 Å². The zero-order chi connectivity index (χ0) is 14.5. The van der Waals surface area contributed by atoms with Crippen molar-refractivity contribution in [1.29, 1.82) is 0 Å². The van der Waals surface area contributed by atoms with Gasteiger partial charge in [-0.3, -0.25) is 9.59 Å². The van der Waals surface area contributed by atoms with Crippen LogP contribution >= 0.6 is 11.3 Å². The fourth-order valence-corrected chi connectivity index (χ4v) is 3.40. The summed E-state index contributed by atoms with van der Waals surface area (Å²) in [5.41, 5.74) is 0. The van der Waals surface area contributed by atoms with Crippen LogP contribution in [0.2, 0.25) is 0 Å². The molecule has 0 aliphatic heterocycles. The number of rotatable bonds is 6. The fourth-order valence-electron chi connectivity index (χ4n) is 2.71. The van der Waals surface area contributed by atoms with Gasteiger partial charge in [-0.15, -0.1) is 11.3 Å². The van der Waals surface area contributed by atoms with Crippen molar-refractivity contribution in [3.63, 3.8) is 0 Å². The smallest absolute Gasteiger partial charge is 0.308 e. The molecule has 1 atom stereocenters.